The van der Waals surface area contributed by atoms with Crippen molar-refractivity contribution in [1.29, 1.82) is 0 Å². The lowest BCUT2D eigenvalue weighted by Gasteiger charge is -2.10. The zero-order chi connectivity index (χ0) is 17.5. The highest BCUT2D eigenvalue weighted by atomic mass is 19.1. The molecule has 24 heavy (non-hydrogen) atoms. The Labute approximate surface area is 139 Å². The number of aliphatic imine (C=N–C) groups is 1. The highest BCUT2D eigenvalue weighted by Crippen LogP contribution is 2.10. The van der Waals surface area contributed by atoms with Gasteiger partial charge in [0, 0.05) is 6.54 Å². The van der Waals surface area contributed by atoms with Crippen LogP contribution in [0.5, 0.6) is 0 Å². The lowest BCUT2D eigenvalue weighted by Crippen LogP contribution is -2.36. The quantitative estimate of drug-likeness (QED) is 0.558. The van der Waals surface area contributed by atoms with E-state index in [1.54, 1.807) is 19.1 Å². The minimum absolute atomic E-state index is 0.115. The third-order valence-corrected chi connectivity index (χ3v) is 3.33. The number of nitrogens with zero attached hydrogens (tertiary/aromatic N) is 1. The molecule has 0 atom stereocenters. The van der Waals surface area contributed by atoms with Crippen LogP contribution in [-0.2, 0) is 13.1 Å². The number of rotatable bonds is 6. The van der Waals surface area contributed by atoms with E-state index >= 15 is 0 Å². The summed E-state index contributed by atoms with van der Waals surface area (Å²) in [5.41, 5.74) is 6.53. The fourth-order valence-electron chi connectivity index (χ4n) is 2.02. The van der Waals surface area contributed by atoms with E-state index in [1.807, 2.05) is 13.0 Å². The van der Waals surface area contributed by atoms with Crippen molar-refractivity contribution >= 4 is 11.9 Å². The van der Waals surface area contributed by atoms with E-state index in [2.05, 4.69) is 15.6 Å². The van der Waals surface area contributed by atoms with Gasteiger partial charge < -0.3 is 20.8 Å². The number of guanidine groups is 1. The molecule has 0 saturated carbocycles. The predicted octanol–water partition coefficient (Wildman–Crippen LogP) is 2.08. The summed E-state index contributed by atoms with van der Waals surface area (Å²) in [5.74, 6) is 0.397. The first-order valence-corrected chi connectivity index (χ1v) is 7.65. The van der Waals surface area contributed by atoms with Gasteiger partial charge >= 0.3 is 0 Å². The number of benzene rings is 1. The number of hydrogen-bond acceptors (Lipinski definition) is 3. The Kier molecular flexibility index (Phi) is 5.95. The van der Waals surface area contributed by atoms with Crippen molar-refractivity contribution in [2.24, 2.45) is 10.7 Å². The van der Waals surface area contributed by atoms with Gasteiger partial charge in [-0.25, -0.2) is 9.38 Å². The van der Waals surface area contributed by atoms with Crippen LogP contribution in [0.15, 0.2) is 39.7 Å². The Morgan fingerprint density at radius 1 is 1.29 bits per heavy atom. The van der Waals surface area contributed by atoms with Crippen molar-refractivity contribution in [3.8, 4) is 0 Å². The molecule has 0 bridgehead atoms. The summed E-state index contributed by atoms with van der Waals surface area (Å²) in [6.45, 7) is 5.04. The molecule has 1 aromatic carbocycles. The molecule has 0 saturated heterocycles. The van der Waals surface area contributed by atoms with Gasteiger partial charge in [0.25, 0.3) is 5.91 Å². The number of carbonyl (C=O) groups excluding carboxylic acids is 1. The Bertz CT molecular complexity index is 740. The Morgan fingerprint density at radius 2 is 2.08 bits per heavy atom. The van der Waals surface area contributed by atoms with Gasteiger partial charge in [-0.15, -0.1) is 0 Å². The van der Waals surface area contributed by atoms with Gasteiger partial charge in [-0.3, -0.25) is 4.79 Å². The van der Waals surface area contributed by atoms with E-state index < -0.39 is 5.91 Å². The highest BCUT2D eigenvalue weighted by molar-refractivity contribution is 5.89. The lowest BCUT2D eigenvalue weighted by molar-refractivity contribution is 0.0972. The summed E-state index contributed by atoms with van der Waals surface area (Å²) >= 11 is 0. The summed E-state index contributed by atoms with van der Waals surface area (Å²) in [5, 5.41) is 6.18. The minimum Gasteiger partial charge on any atom is -0.454 e. The fourth-order valence-corrected chi connectivity index (χ4v) is 2.02. The molecule has 0 aliphatic carbocycles. The number of carbonyl (C=O) groups is 1. The molecule has 1 amide bonds. The molecular weight excluding hydrogens is 311 g/mol. The van der Waals surface area contributed by atoms with Gasteiger partial charge in [0.1, 0.15) is 11.6 Å². The number of halogens is 1. The van der Waals surface area contributed by atoms with Crippen LogP contribution in [0.25, 0.3) is 0 Å². The number of primary amides is 1. The number of nitrogens with one attached hydrogen (secondary N) is 2. The van der Waals surface area contributed by atoms with Gasteiger partial charge in [-0.2, -0.15) is 0 Å². The molecule has 0 unspecified atom stereocenters. The maximum absolute atomic E-state index is 13.6. The van der Waals surface area contributed by atoms with Crippen LogP contribution in [0.2, 0.25) is 0 Å². The first kappa shape index (κ1) is 17.5. The molecule has 1 aromatic heterocycles. The van der Waals surface area contributed by atoms with Crippen molar-refractivity contribution in [3.05, 3.63) is 58.8 Å². The topological polar surface area (TPSA) is 92.6 Å². The van der Waals surface area contributed by atoms with Crippen LogP contribution in [0.4, 0.5) is 4.39 Å². The minimum atomic E-state index is -0.608. The third kappa shape index (κ3) is 4.84. The molecule has 2 rings (SSSR count). The second-order valence-electron chi connectivity index (χ2n) is 5.26. The number of nitrogens with two attached hydrogens (primary N) is 1. The summed E-state index contributed by atoms with van der Waals surface area (Å²) < 4.78 is 18.9. The van der Waals surface area contributed by atoms with Gasteiger partial charge in [0.15, 0.2) is 11.7 Å². The van der Waals surface area contributed by atoms with Crippen molar-refractivity contribution in [2.45, 2.75) is 26.9 Å². The van der Waals surface area contributed by atoms with Crippen molar-refractivity contribution in [2.75, 3.05) is 6.54 Å². The average molecular weight is 332 g/mol. The van der Waals surface area contributed by atoms with E-state index in [0.29, 0.717) is 36.9 Å². The molecule has 0 aliphatic heterocycles. The molecule has 1 heterocycles. The number of furan rings is 1. The number of amides is 1. The maximum atomic E-state index is 13.6. The standard InChI is InChI=1S/C17H21FN4O2/c1-3-20-17(21-9-12-5-4-11(2)14(18)8-12)22-10-13-6-7-15(24-13)16(19)23/h4-8H,3,9-10H2,1-2H3,(H2,19,23)(H2,20,21,22). The average Bonchev–Trinajstić information content (AvgIpc) is 3.02. The highest BCUT2D eigenvalue weighted by Gasteiger charge is 2.07. The second-order valence-corrected chi connectivity index (χ2v) is 5.26. The van der Waals surface area contributed by atoms with Crippen LogP contribution in [0, 0.1) is 12.7 Å². The van der Waals surface area contributed by atoms with Crippen molar-refractivity contribution in [1.82, 2.24) is 10.6 Å². The van der Waals surface area contributed by atoms with E-state index in [-0.39, 0.29) is 11.6 Å². The molecule has 128 valence electrons. The first-order chi connectivity index (χ1) is 11.5. The molecule has 0 spiro atoms. The van der Waals surface area contributed by atoms with E-state index in [4.69, 9.17) is 10.2 Å². The number of aryl methyl sites for hydroxylation is 1. The Morgan fingerprint density at radius 3 is 2.71 bits per heavy atom. The second kappa shape index (κ2) is 8.14. The normalized spacial score (nSPS) is 11.4. The van der Waals surface area contributed by atoms with E-state index in [9.17, 15) is 9.18 Å². The Hall–Kier alpha value is -2.83. The molecule has 6 nitrogen and oxygen atoms in total. The summed E-state index contributed by atoms with van der Waals surface area (Å²) in [6.07, 6.45) is 0. The smallest absolute Gasteiger partial charge is 0.284 e. The fraction of sp³-hybridized carbons (Fsp3) is 0.294. The van der Waals surface area contributed by atoms with Gasteiger partial charge in [-0.05, 0) is 43.2 Å². The molecule has 0 radical (unpaired) electrons. The van der Waals surface area contributed by atoms with Gasteiger partial charge in [-0.1, -0.05) is 12.1 Å². The SMILES string of the molecule is CCNC(=NCc1ccc(C)c(F)c1)NCc1ccc(C(N)=O)o1. The van der Waals surface area contributed by atoms with Crippen molar-refractivity contribution < 1.29 is 13.6 Å². The molecule has 4 N–H and O–H groups in total. The van der Waals surface area contributed by atoms with Crippen LogP contribution in [0.3, 0.4) is 0 Å². The van der Waals surface area contributed by atoms with Crippen LogP contribution in [-0.4, -0.2) is 18.4 Å². The monoisotopic (exact) mass is 332 g/mol. The number of hydrogen-bond donors (Lipinski definition) is 3. The van der Waals surface area contributed by atoms with Crippen LogP contribution < -0.4 is 16.4 Å². The lowest BCUT2D eigenvalue weighted by atomic mass is 10.1. The van der Waals surface area contributed by atoms with Crippen LogP contribution in [0.1, 0.15) is 34.4 Å². The first-order valence-electron chi connectivity index (χ1n) is 7.65. The molecule has 2 aromatic rings. The largest absolute Gasteiger partial charge is 0.454 e. The zero-order valence-corrected chi connectivity index (χ0v) is 13.7. The van der Waals surface area contributed by atoms with Crippen LogP contribution >= 0.6 is 0 Å². The molecule has 0 aliphatic rings. The Balaban J connectivity index is 1.99. The zero-order valence-electron chi connectivity index (χ0n) is 13.7. The van der Waals surface area contributed by atoms with Gasteiger partial charge in [0.2, 0.25) is 0 Å². The van der Waals surface area contributed by atoms with E-state index in [0.717, 1.165) is 5.56 Å². The maximum Gasteiger partial charge on any atom is 0.284 e. The molecular formula is C17H21FN4O2. The van der Waals surface area contributed by atoms with Crippen molar-refractivity contribution in [3.63, 3.8) is 0 Å². The van der Waals surface area contributed by atoms with E-state index in [1.165, 1.54) is 12.1 Å². The molecule has 7 heteroatoms. The predicted molar refractivity (Wildman–Crippen MR) is 90.0 cm³/mol. The van der Waals surface area contributed by atoms with Gasteiger partial charge in [0.05, 0.1) is 13.1 Å². The summed E-state index contributed by atoms with van der Waals surface area (Å²) in [4.78, 5) is 15.4. The summed E-state index contributed by atoms with van der Waals surface area (Å²) in [6, 6.07) is 8.25. The molecule has 0 fully saturated rings. The summed E-state index contributed by atoms with van der Waals surface area (Å²) in [7, 11) is 0. The third-order valence-electron chi connectivity index (χ3n) is 3.33.